The van der Waals surface area contributed by atoms with Crippen LogP contribution in [0.25, 0.3) is 11.0 Å². The number of carbonyl (C=O) groups is 1. The number of nitriles is 1. The molecule has 0 aliphatic heterocycles. The molecule has 0 unspecified atom stereocenters. The van der Waals surface area contributed by atoms with Gasteiger partial charge in [-0.25, -0.2) is 9.78 Å². The smallest absolute Gasteiger partial charge is 0.349 e. The molecule has 0 saturated heterocycles. The Morgan fingerprint density at radius 2 is 2.05 bits per heavy atom. The van der Waals surface area contributed by atoms with Gasteiger partial charge in [0.25, 0.3) is 5.91 Å². The van der Waals surface area contributed by atoms with Crippen molar-refractivity contribution in [2.75, 3.05) is 5.32 Å². The fraction of sp³-hybridized carbons (Fsp3) is 0. The van der Waals surface area contributed by atoms with Gasteiger partial charge in [-0.1, -0.05) is 18.2 Å². The van der Waals surface area contributed by atoms with Crippen LogP contribution in [0.15, 0.2) is 57.9 Å². The highest BCUT2D eigenvalue weighted by molar-refractivity contribution is 6.05. The van der Waals surface area contributed by atoms with Crippen molar-refractivity contribution in [3.63, 3.8) is 0 Å². The van der Waals surface area contributed by atoms with Crippen LogP contribution < -0.4 is 10.9 Å². The minimum atomic E-state index is -0.729. The fourth-order valence-electron chi connectivity index (χ4n) is 1.97. The van der Waals surface area contributed by atoms with Crippen molar-refractivity contribution in [3.05, 3.63) is 70.2 Å². The maximum absolute atomic E-state index is 12.2. The quantitative estimate of drug-likeness (QED) is 0.731. The first-order valence-corrected chi connectivity index (χ1v) is 6.38. The zero-order valence-corrected chi connectivity index (χ0v) is 11.2. The maximum atomic E-state index is 12.2. The Morgan fingerprint density at radius 1 is 1.23 bits per heavy atom. The molecule has 2 heterocycles. The molecule has 0 fully saturated rings. The van der Waals surface area contributed by atoms with Crippen molar-refractivity contribution in [2.45, 2.75) is 0 Å². The van der Waals surface area contributed by atoms with E-state index in [4.69, 9.17) is 9.68 Å². The predicted octanol–water partition coefficient (Wildman–Crippen LogP) is 2.31. The molecule has 22 heavy (non-hydrogen) atoms. The summed E-state index contributed by atoms with van der Waals surface area (Å²) in [4.78, 5) is 28.0. The van der Waals surface area contributed by atoms with Gasteiger partial charge in [0.1, 0.15) is 17.0 Å². The van der Waals surface area contributed by atoms with Gasteiger partial charge in [-0.3, -0.25) is 4.79 Å². The SMILES string of the molecule is N#Cc1ccnc(NC(=O)c2cc3ccccc3oc2=O)c1. The zero-order chi connectivity index (χ0) is 15.5. The average molecular weight is 291 g/mol. The third-order valence-corrected chi connectivity index (χ3v) is 3.02. The number of para-hydroxylation sites is 1. The number of hydrogen-bond donors (Lipinski definition) is 1. The highest BCUT2D eigenvalue weighted by Crippen LogP contribution is 2.14. The summed E-state index contributed by atoms with van der Waals surface area (Å²) in [7, 11) is 0. The molecule has 3 aromatic rings. The number of nitrogens with one attached hydrogen (secondary N) is 1. The molecule has 1 N–H and O–H groups in total. The van der Waals surface area contributed by atoms with E-state index in [1.807, 2.05) is 6.07 Å². The monoisotopic (exact) mass is 291 g/mol. The highest BCUT2D eigenvalue weighted by Gasteiger charge is 2.14. The summed E-state index contributed by atoms with van der Waals surface area (Å²) in [5, 5.41) is 11.9. The van der Waals surface area contributed by atoms with Crippen LogP contribution in [-0.2, 0) is 0 Å². The van der Waals surface area contributed by atoms with E-state index in [0.29, 0.717) is 16.5 Å². The predicted molar refractivity (Wildman–Crippen MR) is 79.4 cm³/mol. The molecule has 3 rings (SSSR count). The number of carbonyl (C=O) groups excluding carboxylic acids is 1. The molecule has 6 nitrogen and oxygen atoms in total. The van der Waals surface area contributed by atoms with Crippen molar-refractivity contribution in [2.24, 2.45) is 0 Å². The summed E-state index contributed by atoms with van der Waals surface area (Å²) < 4.78 is 5.11. The topological polar surface area (TPSA) is 96.0 Å². The van der Waals surface area contributed by atoms with Crippen molar-refractivity contribution in [1.29, 1.82) is 5.26 Å². The summed E-state index contributed by atoms with van der Waals surface area (Å²) in [6.07, 6.45) is 1.40. The number of pyridine rings is 1. The van der Waals surface area contributed by atoms with Crippen LogP contribution >= 0.6 is 0 Å². The number of anilines is 1. The molecule has 0 spiro atoms. The lowest BCUT2D eigenvalue weighted by atomic mass is 10.2. The van der Waals surface area contributed by atoms with Gasteiger partial charge in [-0.15, -0.1) is 0 Å². The Hall–Kier alpha value is -3.46. The molecule has 1 amide bonds. The molecule has 1 aromatic carbocycles. The van der Waals surface area contributed by atoms with Crippen molar-refractivity contribution < 1.29 is 9.21 Å². The average Bonchev–Trinajstić information content (AvgIpc) is 2.54. The fourth-order valence-corrected chi connectivity index (χ4v) is 1.97. The van der Waals surface area contributed by atoms with Crippen LogP contribution in [0.1, 0.15) is 15.9 Å². The van der Waals surface area contributed by atoms with Crippen molar-refractivity contribution >= 4 is 22.7 Å². The molecule has 0 bridgehead atoms. The Morgan fingerprint density at radius 3 is 2.86 bits per heavy atom. The van der Waals surface area contributed by atoms with E-state index in [1.54, 1.807) is 24.3 Å². The summed E-state index contributed by atoms with van der Waals surface area (Å²) in [5.74, 6) is -0.446. The Kier molecular flexibility index (Phi) is 3.38. The van der Waals surface area contributed by atoms with Gasteiger partial charge < -0.3 is 9.73 Å². The largest absolute Gasteiger partial charge is 0.422 e. The minimum absolute atomic E-state index is 0.122. The molecule has 106 valence electrons. The lowest BCUT2D eigenvalue weighted by Crippen LogP contribution is -2.21. The molecular weight excluding hydrogens is 282 g/mol. The van der Waals surface area contributed by atoms with E-state index >= 15 is 0 Å². The summed E-state index contributed by atoms with van der Waals surface area (Å²) in [5.41, 5.74) is -0.0833. The number of amides is 1. The molecular formula is C16H9N3O3. The van der Waals surface area contributed by atoms with Gasteiger partial charge in [0, 0.05) is 11.6 Å². The lowest BCUT2D eigenvalue weighted by molar-refractivity contribution is 0.102. The van der Waals surface area contributed by atoms with Gasteiger partial charge in [0.05, 0.1) is 11.6 Å². The van der Waals surface area contributed by atoms with Crippen LogP contribution in [0.5, 0.6) is 0 Å². The number of nitrogens with zero attached hydrogens (tertiary/aromatic N) is 2. The first-order valence-electron chi connectivity index (χ1n) is 6.38. The van der Waals surface area contributed by atoms with Gasteiger partial charge in [-0.2, -0.15) is 5.26 Å². The molecule has 0 radical (unpaired) electrons. The number of aromatic nitrogens is 1. The second-order valence-electron chi connectivity index (χ2n) is 4.48. The van der Waals surface area contributed by atoms with Crippen LogP contribution in [0.4, 0.5) is 5.82 Å². The van der Waals surface area contributed by atoms with Gasteiger partial charge in [0.15, 0.2) is 0 Å². The number of fused-ring (bicyclic) bond motifs is 1. The minimum Gasteiger partial charge on any atom is -0.422 e. The van der Waals surface area contributed by atoms with Gasteiger partial charge >= 0.3 is 5.63 Å². The van der Waals surface area contributed by atoms with E-state index in [1.165, 1.54) is 24.4 Å². The normalized spacial score (nSPS) is 10.1. The van der Waals surface area contributed by atoms with Crippen molar-refractivity contribution in [3.8, 4) is 6.07 Å². The highest BCUT2D eigenvalue weighted by atomic mass is 16.4. The zero-order valence-electron chi connectivity index (χ0n) is 11.2. The second-order valence-corrected chi connectivity index (χ2v) is 4.48. The van der Waals surface area contributed by atoms with Gasteiger partial charge in [0.2, 0.25) is 0 Å². The Bertz CT molecular complexity index is 970. The summed E-state index contributed by atoms with van der Waals surface area (Å²) in [6.45, 7) is 0. The summed E-state index contributed by atoms with van der Waals surface area (Å²) >= 11 is 0. The standard InChI is InChI=1S/C16H9N3O3/c17-9-10-5-6-18-14(7-10)19-15(20)12-8-11-3-1-2-4-13(11)22-16(12)21/h1-8H,(H,18,19,20). The first-order chi connectivity index (χ1) is 10.7. The van der Waals surface area contributed by atoms with Crippen LogP contribution in [0.2, 0.25) is 0 Å². The molecule has 0 aliphatic rings. The summed E-state index contributed by atoms with van der Waals surface area (Å²) in [6, 6.07) is 13.2. The molecule has 0 saturated carbocycles. The number of hydrogen-bond acceptors (Lipinski definition) is 5. The van der Waals surface area contributed by atoms with Gasteiger partial charge in [-0.05, 0) is 24.3 Å². The second kappa shape index (κ2) is 5.50. The van der Waals surface area contributed by atoms with Crippen molar-refractivity contribution in [1.82, 2.24) is 4.98 Å². The molecule has 2 aromatic heterocycles. The van der Waals surface area contributed by atoms with E-state index in [-0.39, 0.29) is 11.4 Å². The lowest BCUT2D eigenvalue weighted by Gasteiger charge is -2.04. The van der Waals surface area contributed by atoms with E-state index in [9.17, 15) is 9.59 Å². The van der Waals surface area contributed by atoms with E-state index in [2.05, 4.69) is 10.3 Å². The first kappa shape index (κ1) is 13.5. The maximum Gasteiger partial charge on any atom is 0.349 e. The van der Waals surface area contributed by atoms with E-state index in [0.717, 1.165) is 0 Å². The number of benzene rings is 1. The number of rotatable bonds is 2. The molecule has 0 aliphatic carbocycles. The Balaban J connectivity index is 1.96. The van der Waals surface area contributed by atoms with E-state index < -0.39 is 11.5 Å². The molecule has 0 atom stereocenters. The Labute approximate surface area is 124 Å². The van der Waals surface area contributed by atoms with Crippen LogP contribution in [0.3, 0.4) is 0 Å². The van der Waals surface area contributed by atoms with Crippen LogP contribution in [-0.4, -0.2) is 10.9 Å². The third-order valence-electron chi connectivity index (χ3n) is 3.02. The third kappa shape index (κ3) is 2.55. The molecule has 6 heteroatoms. The van der Waals surface area contributed by atoms with Crippen LogP contribution in [0, 0.1) is 11.3 Å².